The molecule has 1 atom stereocenters. The fourth-order valence-electron chi connectivity index (χ4n) is 3.15. The lowest BCUT2D eigenvalue weighted by Crippen LogP contribution is -2.05. The number of benzene rings is 2. The molecule has 0 aliphatic heterocycles. The zero-order valence-electron chi connectivity index (χ0n) is 16.4. The van der Waals surface area contributed by atoms with Crippen molar-refractivity contribution in [3.8, 4) is 16.8 Å². The molecular weight excluding hydrogens is 336 g/mol. The first-order valence-corrected chi connectivity index (χ1v) is 9.47. The SMILES string of the molecule is CCOC(=O)c1cccc(-c2ccc(C(C)CC)c(-n3ccc(C)n3)c2)c1. The van der Waals surface area contributed by atoms with Gasteiger partial charge in [-0.2, -0.15) is 5.10 Å². The van der Waals surface area contributed by atoms with Gasteiger partial charge in [0.05, 0.1) is 23.6 Å². The molecule has 3 rings (SSSR count). The van der Waals surface area contributed by atoms with Crippen LogP contribution < -0.4 is 0 Å². The maximum atomic E-state index is 12.1. The van der Waals surface area contributed by atoms with Gasteiger partial charge in [-0.25, -0.2) is 9.48 Å². The van der Waals surface area contributed by atoms with E-state index in [1.165, 1.54) is 5.56 Å². The summed E-state index contributed by atoms with van der Waals surface area (Å²) in [7, 11) is 0. The summed E-state index contributed by atoms with van der Waals surface area (Å²) >= 11 is 0. The van der Waals surface area contributed by atoms with E-state index in [1.807, 2.05) is 49.0 Å². The van der Waals surface area contributed by atoms with Crippen LogP contribution in [-0.4, -0.2) is 22.4 Å². The Kier molecular flexibility index (Phi) is 5.75. The molecule has 27 heavy (non-hydrogen) atoms. The third-order valence-electron chi connectivity index (χ3n) is 4.85. The molecule has 3 aromatic rings. The van der Waals surface area contributed by atoms with Crippen molar-refractivity contribution < 1.29 is 9.53 Å². The average Bonchev–Trinajstić information content (AvgIpc) is 3.13. The molecule has 4 heteroatoms. The zero-order chi connectivity index (χ0) is 19.4. The first-order chi connectivity index (χ1) is 13.0. The van der Waals surface area contributed by atoms with Gasteiger partial charge < -0.3 is 4.74 Å². The average molecular weight is 362 g/mol. The number of hydrogen-bond acceptors (Lipinski definition) is 3. The summed E-state index contributed by atoms with van der Waals surface area (Å²) in [6, 6.07) is 16.0. The number of carbonyl (C=O) groups excluding carboxylic acids is 1. The molecule has 0 radical (unpaired) electrons. The molecule has 0 saturated carbocycles. The van der Waals surface area contributed by atoms with Crippen LogP contribution in [0.1, 0.15) is 54.7 Å². The minimum Gasteiger partial charge on any atom is -0.462 e. The van der Waals surface area contributed by atoms with E-state index in [1.54, 1.807) is 6.07 Å². The van der Waals surface area contributed by atoms with Crippen molar-refractivity contribution in [3.63, 3.8) is 0 Å². The van der Waals surface area contributed by atoms with Crippen molar-refractivity contribution in [2.45, 2.75) is 40.0 Å². The van der Waals surface area contributed by atoms with Gasteiger partial charge in [0.15, 0.2) is 0 Å². The molecule has 0 saturated heterocycles. The Morgan fingerprint density at radius 3 is 2.56 bits per heavy atom. The van der Waals surface area contributed by atoms with E-state index in [4.69, 9.17) is 4.74 Å². The molecule has 1 heterocycles. The number of ether oxygens (including phenoxy) is 1. The van der Waals surface area contributed by atoms with E-state index in [0.29, 0.717) is 18.1 Å². The molecule has 4 nitrogen and oxygen atoms in total. The summed E-state index contributed by atoms with van der Waals surface area (Å²) in [6.45, 7) is 8.60. The number of rotatable bonds is 6. The predicted octanol–water partition coefficient (Wildman–Crippen LogP) is 5.54. The van der Waals surface area contributed by atoms with Crippen LogP contribution in [0.3, 0.4) is 0 Å². The third kappa shape index (κ3) is 4.11. The second-order valence-corrected chi connectivity index (χ2v) is 6.79. The summed E-state index contributed by atoms with van der Waals surface area (Å²) in [5, 5.41) is 4.61. The Balaban J connectivity index is 2.07. The highest BCUT2D eigenvalue weighted by molar-refractivity contribution is 5.91. The van der Waals surface area contributed by atoms with Gasteiger partial charge in [0.25, 0.3) is 0 Å². The van der Waals surface area contributed by atoms with Crippen LogP contribution in [0.2, 0.25) is 0 Å². The lowest BCUT2D eigenvalue weighted by Gasteiger charge is -2.17. The largest absolute Gasteiger partial charge is 0.462 e. The van der Waals surface area contributed by atoms with E-state index in [0.717, 1.165) is 28.9 Å². The number of hydrogen-bond donors (Lipinski definition) is 0. The number of esters is 1. The molecule has 140 valence electrons. The highest BCUT2D eigenvalue weighted by atomic mass is 16.5. The van der Waals surface area contributed by atoms with Crippen LogP contribution in [0, 0.1) is 6.92 Å². The number of aryl methyl sites for hydroxylation is 1. The minimum absolute atomic E-state index is 0.293. The smallest absolute Gasteiger partial charge is 0.338 e. The maximum Gasteiger partial charge on any atom is 0.338 e. The van der Waals surface area contributed by atoms with Gasteiger partial charge in [0.1, 0.15) is 0 Å². The molecular formula is C23H26N2O2. The van der Waals surface area contributed by atoms with Gasteiger partial charge in [-0.15, -0.1) is 0 Å². The summed E-state index contributed by atoms with van der Waals surface area (Å²) < 4.78 is 7.07. The fraction of sp³-hybridized carbons (Fsp3) is 0.304. The molecule has 1 unspecified atom stereocenters. The Bertz CT molecular complexity index is 943. The number of nitrogens with zero attached hydrogens (tertiary/aromatic N) is 2. The van der Waals surface area contributed by atoms with Crippen molar-refractivity contribution >= 4 is 5.97 Å². The van der Waals surface area contributed by atoms with Crippen LogP contribution in [0.5, 0.6) is 0 Å². The Morgan fingerprint density at radius 2 is 1.89 bits per heavy atom. The Labute approximate surface area is 160 Å². The quantitative estimate of drug-likeness (QED) is 0.541. The topological polar surface area (TPSA) is 44.1 Å². The molecule has 0 fully saturated rings. The highest BCUT2D eigenvalue weighted by Gasteiger charge is 2.14. The highest BCUT2D eigenvalue weighted by Crippen LogP contribution is 2.31. The van der Waals surface area contributed by atoms with Crippen LogP contribution >= 0.6 is 0 Å². The first-order valence-electron chi connectivity index (χ1n) is 9.47. The van der Waals surface area contributed by atoms with Crippen molar-refractivity contribution in [1.29, 1.82) is 0 Å². The van der Waals surface area contributed by atoms with E-state index in [2.05, 4.69) is 37.1 Å². The van der Waals surface area contributed by atoms with Crippen LogP contribution in [-0.2, 0) is 4.74 Å². The van der Waals surface area contributed by atoms with E-state index in [9.17, 15) is 4.79 Å². The third-order valence-corrected chi connectivity index (χ3v) is 4.85. The molecule has 0 spiro atoms. The van der Waals surface area contributed by atoms with Gasteiger partial charge in [0, 0.05) is 6.20 Å². The second-order valence-electron chi connectivity index (χ2n) is 6.79. The maximum absolute atomic E-state index is 12.1. The Hall–Kier alpha value is -2.88. The Morgan fingerprint density at radius 1 is 1.11 bits per heavy atom. The molecule has 2 aromatic carbocycles. The normalized spacial score (nSPS) is 12.0. The van der Waals surface area contributed by atoms with Gasteiger partial charge in [0.2, 0.25) is 0 Å². The number of aromatic nitrogens is 2. The summed E-state index contributed by atoms with van der Waals surface area (Å²) in [5.74, 6) is 0.142. The van der Waals surface area contributed by atoms with Gasteiger partial charge in [-0.1, -0.05) is 38.1 Å². The van der Waals surface area contributed by atoms with Crippen molar-refractivity contribution in [1.82, 2.24) is 9.78 Å². The molecule has 0 bridgehead atoms. The standard InChI is InChI=1S/C23H26N2O2/c1-5-16(3)21-11-10-19(15-22(21)25-13-12-17(4)24-25)18-8-7-9-20(14-18)23(26)27-6-2/h7-16H,5-6H2,1-4H3. The van der Waals surface area contributed by atoms with E-state index in [-0.39, 0.29) is 5.97 Å². The summed E-state index contributed by atoms with van der Waals surface area (Å²) in [5.41, 5.74) is 5.94. The molecule has 0 aliphatic carbocycles. The molecule has 0 aliphatic rings. The minimum atomic E-state index is -0.293. The van der Waals surface area contributed by atoms with Crippen molar-refractivity contribution in [3.05, 3.63) is 71.5 Å². The van der Waals surface area contributed by atoms with Gasteiger partial charge in [-0.3, -0.25) is 0 Å². The van der Waals surface area contributed by atoms with E-state index >= 15 is 0 Å². The fourth-order valence-corrected chi connectivity index (χ4v) is 3.15. The van der Waals surface area contributed by atoms with E-state index < -0.39 is 0 Å². The lowest BCUT2D eigenvalue weighted by molar-refractivity contribution is 0.0526. The van der Waals surface area contributed by atoms with Gasteiger partial charge in [-0.05, 0) is 67.1 Å². The van der Waals surface area contributed by atoms with Crippen molar-refractivity contribution in [2.75, 3.05) is 6.61 Å². The van der Waals surface area contributed by atoms with Crippen molar-refractivity contribution in [2.24, 2.45) is 0 Å². The number of carbonyl (C=O) groups is 1. The van der Waals surface area contributed by atoms with Crippen LogP contribution in [0.15, 0.2) is 54.7 Å². The molecule has 0 N–H and O–H groups in total. The second kappa shape index (κ2) is 8.21. The first kappa shape index (κ1) is 18.9. The lowest BCUT2D eigenvalue weighted by atomic mass is 9.93. The van der Waals surface area contributed by atoms with Crippen LogP contribution in [0.25, 0.3) is 16.8 Å². The summed E-state index contributed by atoms with van der Waals surface area (Å²) in [4.78, 5) is 12.1. The zero-order valence-corrected chi connectivity index (χ0v) is 16.4. The molecule has 1 aromatic heterocycles. The van der Waals surface area contributed by atoms with Gasteiger partial charge >= 0.3 is 5.97 Å². The summed E-state index contributed by atoms with van der Waals surface area (Å²) in [6.07, 6.45) is 3.06. The molecule has 0 amide bonds. The monoisotopic (exact) mass is 362 g/mol. The predicted molar refractivity (Wildman–Crippen MR) is 108 cm³/mol. The van der Waals surface area contributed by atoms with Crippen LogP contribution in [0.4, 0.5) is 0 Å².